The second-order valence-corrected chi connectivity index (χ2v) is 5.21. The molecular weight excluding hydrogens is 264 g/mol. The first kappa shape index (κ1) is 13.4. The van der Waals surface area contributed by atoms with Gasteiger partial charge in [0.2, 0.25) is 0 Å². The van der Waals surface area contributed by atoms with Gasteiger partial charge >= 0.3 is 0 Å². The zero-order chi connectivity index (χ0) is 15.0. The third-order valence-electron chi connectivity index (χ3n) is 3.43. The highest BCUT2D eigenvalue weighted by Gasteiger charge is 2.18. The van der Waals surface area contributed by atoms with Crippen molar-refractivity contribution in [3.63, 3.8) is 0 Å². The molecule has 0 radical (unpaired) electrons. The number of nitrogens with two attached hydrogens (primary N) is 1. The van der Waals surface area contributed by atoms with E-state index in [1.165, 1.54) is 0 Å². The van der Waals surface area contributed by atoms with Crippen molar-refractivity contribution in [3.8, 4) is 17.1 Å². The summed E-state index contributed by atoms with van der Waals surface area (Å²) in [6.45, 7) is 4.23. The summed E-state index contributed by atoms with van der Waals surface area (Å²) in [6.07, 6.45) is 1.78. The fraction of sp³-hybridized carbons (Fsp3) is 0.250. The first-order valence-electron chi connectivity index (χ1n) is 6.88. The molecule has 0 unspecified atom stereocenters. The standard InChI is InChI=1S/C16H18N4O/c1-10(2)20-15(19-13-5-4-8-18-16(13)20)12-7-6-11(17)9-14(12)21-3/h4-10H,17H2,1-3H3. The summed E-state index contributed by atoms with van der Waals surface area (Å²) >= 11 is 0. The summed E-state index contributed by atoms with van der Waals surface area (Å²) in [5.41, 5.74) is 9.17. The van der Waals surface area contributed by atoms with Gasteiger partial charge < -0.3 is 15.0 Å². The summed E-state index contributed by atoms with van der Waals surface area (Å²) in [4.78, 5) is 9.18. The average molecular weight is 282 g/mol. The Morgan fingerprint density at radius 3 is 2.76 bits per heavy atom. The SMILES string of the molecule is COc1cc(N)ccc1-c1nc2cccnc2n1C(C)C. The third kappa shape index (κ3) is 2.20. The molecule has 1 aromatic carbocycles. The highest BCUT2D eigenvalue weighted by atomic mass is 16.5. The maximum absolute atomic E-state index is 5.83. The summed E-state index contributed by atoms with van der Waals surface area (Å²) in [5.74, 6) is 1.56. The Bertz CT molecular complexity index is 792. The summed E-state index contributed by atoms with van der Waals surface area (Å²) in [5, 5.41) is 0. The maximum atomic E-state index is 5.83. The van der Waals surface area contributed by atoms with Crippen molar-refractivity contribution < 1.29 is 4.74 Å². The zero-order valence-corrected chi connectivity index (χ0v) is 12.4. The Morgan fingerprint density at radius 1 is 1.24 bits per heavy atom. The first-order chi connectivity index (χ1) is 10.1. The van der Waals surface area contributed by atoms with Gasteiger partial charge in [-0.25, -0.2) is 9.97 Å². The van der Waals surface area contributed by atoms with Crippen LogP contribution in [-0.4, -0.2) is 21.6 Å². The van der Waals surface area contributed by atoms with Crippen LogP contribution in [0.4, 0.5) is 5.69 Å². The molecular formula is C16H18N4O. The zero-order valence-electron chi connectivity index (χ0n) is 12.4. The van der Waals surface area contributed by atoms with Crippen molar-refractivity contribution >= 4 is 16.9 Å². The van der Waals surface area contributed by atoms with E-state index >= 15 is 0 Å². The van der Waals surface area contributed by atoms with E-state index in [-0.39, 0.29) is 6.04 Å². The van der Waals surface area contributed by atoms with Crippen molar-refractivity contribution in [1.82, 2.24) is 14.5 Å². The van der Waals surface area contributed by atoms with Crippen molar-refractivity contribution in [3.05, 3.63) is 36.5 Å². The number of imidazole rings is 1. The summed E-state index contributed by atoms with van der Waals surface area (Å²) in [7, 11) is 1.64. The molecule has 0 saturated carbocycles. The van der Waals surface area contributed by atoms with Gasteiger partial charge in [-0.2, -0.15) is 0 Å². The lowest BCUT2D eigenvalue weighted by Crippen LogP contribution is -2.05. The van der Waals surface area contributed by atoms with Crippen LogP contribution in [-0.2, 0) is 0 Å². The smallest absolute Gasteiger partial charge is 0.160 e. The van der Waals surface area contributed by atoms with E-state index in [1.54, 1.807) is 13.3 Å². The van der Waals surface area contributed by atoms with Crippen LogP contribution in [0.3, 0.4) is 0 Å². The number of benzene rings is 1. The van der Waals surface area contributed by atoms with Gasteiger partial charge in [0.25, 0.3) is 0 Å². The highest BCUT2D eigenvalue weighted by Crippen LogP contribution is 2.34. The topological polar surface area (TPSA) is 66.0 Å². The van der Waals surface area contributed by atoms with E-state index < -0.39 is 0 Å². The molecule has 21 heavy (non-hydrogen) atoms. The molecule has 5 nitrogen and oxygen atoms in total. The number of methoxy groups -OCH3 is 1. The van der Waals surface area contributed by atoms with Gasteiger partial charge in [0.15, 0.2) is 5.65 Å². The number of aromatic nitrogens is 3. The molecule has 0 fully saturated rings. The molecule has 2 heterocycles. The third-order valence-corrected chi connectivity index (χ3v) is 3.43. The number of nitrogens with zero attached hydrogens (tertiary/aromatic N) is 3. The van der Waals surface area contributed by atoms with E-state index in [4.69, 9.17) is 15.5 Å². The molecule has 0 aliphatic rings. The second-order valence-electron chi connectivity index (χ2n) is 5.21. The normalized spacial score (nSPS) is 11.2. The molecule has 108 valence electrons. The molecule has 2 aromatic heterocycles. The van der Waals surface area contributed by atoms with Crippen LogP contribution >= 0.6 is 0 Å². The van der Waals surface area contributed by atoms with Gasteiger partial charge in [-0.3, -0.25) is 0 Å². The number of rotatable bonds is 3. The molecule has 0 amide bonds. The maximum Gasteiger partial charge on any atom is 0.160 e. The van der Waals surface area contributed by atoms with Gasteiger partial charge in [0.1, 0.15) is 17.1 Å². The van der Waals surface area contributed by atoms with Crippen LogP contribution in [0, 0.1) is 0 Å². The summed E-state index contributed by atoms with van der Waals surface area (Å²) in [6, 6.07) is 9.71. The van der Waals surface area contributed by atoms with Crippen molar-refractivity contribution in [2.75, 3.05) is 12.8 Å². The minimum absolute atomic E-state index is 0.238. The molecule has 5 heteroatoms. The lowest BCUT2D eigenvalue weighted by atomic mass is 10.1. The van der Waals surface area contributed by atoms with Crippen molar-refractivity contribution in [2.24, 2.45) is 0 Å². The van der Waals surface area contributed by atoms with Crippen molar-refractivity contribution in [1.29, 1.82) is 0 Å². The number of hydrogen-bond donors (Lipinski definition) is 1. The van der Waals surface area contributed by atoms with Gasteiger partial charge in [0, 0.05) is 24.0 Å². The summed E-state index contributed by atoms with van der Waals surface area (Å²) < 4.78 is 7.57. The Hall–Kier alpha value is -2.56. The molecule has 0 bridgehead atoms. The van der Waals surface area contributed by atoms with Gasteiger partial charge in [-0.15, -0.1) is 0 Å². The number of pyridine rings is 1. The van der Waals surface area contributed by atoms with E-state index in [1.807, 2.05) is 30.3 Å². The van der Waals surface area contributed by atoms with Crippen LogP contribution in [0.1, 0.15) is 19.9 Å². The minimum Gasteiger partial charge on any atom is -0.496 e. The lowest BCUT2D eigenvalue weighted by molar-refractivity contribution is 0.416. The monoisotopic (exact) mass is 282 g/mol. The molecule has 0 atom stereocenters. The largest absolute Gasteiger partial charge is 0.496 e. The molecule has 0 saturated heterocycles. The number of ether oxygens (including phenoxy) is 1. The first-order valence-corrected chi connectivity index (χ1v) is 6.88. The fourth-order valence-electron chi connectivity index (χ4n) is 2.50. The van der Waals surface area contributed by atoms with Crippen LogP contribution in [0.25, 0.3) is 22.6 Å². The molecule has 2 N–H and O–H groups in total. The molecule has 0 spiro atoms. The van der Waals surface area contributed by atoms with E-state index in [0.29, 0.717) is 11.4 Å². The van der Waals surface area contributed by atoms with Gasteiger partial charge in [-0.1, -0.05) is 0 Å². The quantitative estimate of drug-likeness (QED) is 0.749. The molecule has 0 aliphatic carbocycles. The predicted molar refractivity (Wildman–Crippen MR) is 84.3 cm³/mol. The minimum atomic E-state index is 0.238. The van der Waals surface area contributed by atoms with E-state index in [0.717, 1.165) is 22.6 Å². The van der Waals surface area contributed by atoms with Crippen LogP contribution < -0.4 is 10.5 Å². The Balaban J connectivity index is 2.32. The van der Waals surface area contributed by atoms with E-state index in [9.17, 15) is 0 Å². The van der Waals surface area contributed by atoms with Gasteiger partial charge in [-0.05, 0) is 38.1 Å². The molecule has 3 aromatic rings. The molecule has 0 aliphatic heterocycles. The van der Waals surface area contributed by atoms with Gasteiger partial charge in [0.05, 0.1) is 12.7 Å². The molecule has 3 rings (SSSR count). The second kappa shape index (κ2) is 5.09. The average Bonchev–Trinajstić information content (AvgIpc) is 2.86. The van der Waals surface area contributed by atoms with Crippen LogP contribution in [0.2, 0.25) is 0 Å². The van der Waals surface area contributed by atoms with E-state index in [2.05, 4.69) is 23.4 Å². The van der Waals surface area contributed by atoms with Crippen LogP contribution in [0.15, 0.2) is 36.5 Å². The van der Waals surface area contributed by atoms with Crippen molar-refractivity contribution in [2.45, 2.75) is 19.9 Å². The Kier molecular flexibility index (Phi) is 3.25. The highest BCUT2D eigenvalue weighted by molar-refractivity contribution is 5.79. The number of fused-ring (bicyclic) bond motifs is 1. The Labute approximate surface area is 123 Å². The van der Waals surface area contributed by atoms with Crippen LogP contribution in [0.5, 0.6) is 5.75 Å². The fourth-order valence-corrected chi connectivity index (χ4v) is 2.50. The number of hydrogen-bond acceptors (Lipinski definition) is 4. The predicted octanol–water partition coefficient (Wildman–Crippen LogP) is 3.27. The number of anilines is 1. The lowest BCUT2D eigenvalue weighted by Gasteiger charge is -2.14. The Morgan fingerprint density at radius 2 is 2.05 bits per heavy atom. The number of nitrogen functional groups attached to an aromatic ring is 1.